The molecule has 5 rings (SSSR count). The van der Waals surface area contributed by atoms with Crippen molar-refractivity contribution in [2.45, 2.75) is 22.6 Å². The average Bonchev–Trinajstić information content (AvgIpc) is 3.55. The minimum absolute atomic E-state index is 0.0993. The molecule has 8 nitrogen and oxygen atoms in total. The lowest BCUT2D eigenvalue weighted by Crippen LogP contribution is -2.25. The van der Waals surface area contributed by atoms with Crippen LogP contribution in [0.15, 0.2) is 70.6 Å². The maximum absolute atomic E-state index is 12.2. The number of aromatic nitrogens is 3. The number of H-pyrrole nitrogens is 1. The number of nitrogens with zero attached hydrogens (tertiary/aromatic N) is 3. The summed E-state index contributed by atoms with van der Waals surface area (Å²) in [5, 5.41) is 14.4. The van der Waals surface area contributed by atoms with Crippen LogP contribution >= 0.6 is 11.8 Å². The van der Waals surface area contributed by atoms with Crippen LogP contribution in [0.1, 0.15) is 23.2 Å². The summed E-state index contributed by atoms with van der Waals surface area (Å²) < 4.78 is 5.84. The molecule has 2 aromatic heterocycles. The molecule has 0 bridgehead atoms. The lowest BCUT2D eigenvalue weighted by atomic mass is 10.2. The SMILES string of the molecule is CNC(=O)c1ccccc1Sc1ccc2c(Nc3ccc(OCCN4CCCC4)cn3)n[nH]c2c1. The normalized spacial score (nSPS) is 13.7. The topological polar surface area (TPSA) is 95.2 Å². The van der Waals surface area contributed by atoms with Crippen LogP contribution in [-0.2, 0) is 0 Å². The number of aromatic amines is 1. The number of carbonyl (C=O) groups excluding carboxylic acids is 1. The van der Waals surface area contributed by atoms with E-state index in [1.807, 2.05) is 54.6 Å². The van der Waals surface area contributed by atoms with Crippen LogP contribution < -0.4 is 15.4 Å². The zero-order valence-electron chi connectivity index (χ0n) is 19.6. The molecule has 1 fully saturated rings. The highest BCUT2D eigenvalue weighted by Gasteiger charge is 2.13. The lowest BCUT2D eigenvalue weighted by Gasteiger charge is -2.14. The van der Waals surface area contributed by atoms with E-state index in [1.165, 1.54) is 25.9 Å². The van der Waals surface area contributed by atoms with Gasteiger partial charge in [-0.25, -0.2) is 4.98 Å². The Morgan fingerprint density at radius 2 is 2.00 bits per heavy atom. The summed E-state index contributed by atoms with van der Waals surface area (Å²) in [5.74, 6) is 2.07. The van der Waals surface area contributed by atoms with Crippen molar-refractivity contribution in [2.75, 3.05) is 38.6 Å². The predicted molar refractivity (Wildman–Crippen MR) is 139 cm³/mol. The van der Waals surface area contributed by atoms with E-state index in [0.29, 0.717) is 23.8 Å². The maximum atomic E-state index is 12.2. The molecule has 3 N–H and O–H groups in total. The molecule has 2 aromatic carbocycles. The first-order valence-corrected chi connectivity index (χ1v) is 12.6. The van der Waals surface area contributed by atoms with Crippen molar-refractivity contribution in [1.82, 2.24) is 25.4 Å². The Balaban J connectivity index is 1.23. The number of anilines is 2. The fourth-order valence-electron chi connectivity index (χ4n) is 4.12. The van der Waals surface area contributed by atoms with E-state index in [2.05, 4.69) is 30.7 Å². The fraction of sp³-hybridized carbons (Fsp3) is 0.269. The first kappa shape index (κ1) is 23.2. The summed E-state index contributed by atoms with van der Waals surface area (Å²) in [7, 11) is 1.64. The molecule has 1 amide bonds. The number of ether oxygens (including phenoxy) is 1. The van der Waals surface area contributed by atoms with Crippen LogP contribution in [0.25, 0.3) is 10.9 Å². The number of benzene rings is 2. The third-order valence-corrected chi connectivity index (χ3v) is 7.04. The molecule has 0 aliphatic carbocycles. The third-order valence-electron chi connectivity index (χ3n) is 5.98. The molecule has 0 unspecified atom stereocenters. The number of hydrogen-bond acceptors (Lipinski definition) is 7. The van der Waals surface area contributed by atoms with Crippen molar-refractivity contribution in [1.29, 1.82) is 0 Å². The Kier molecular flexibility index (Phi) is 7.15. The van der Waals surface area contributed by atoms with Gasteiger partial charge < -0.3 is 15.4 Å². The van der Waals surface area contributed by atoms with Gasteiger partial charge in [-0.2, -0.15) is 5.10 Å². The monoisotopic (exact) mass is 488 g/mol. The van der Waals surface area contributed by atoms with Crippen molar-refractivity contribution in [2.24, 2.45) is 0 Å². The van der Waals surface area contributed by atoms with E-state index < -0.39 is 0 Å². The molecule has 0 saturated carbocycles. The molecule has 180 valence electrons. The number of pyridine rings is 1. The molecule has 4 aromatic rings. The quantitative estimate of drug-likeness (QED) is 0.315. The van der Waals surface area contributed by atoms with E-state index >= 15 is 0 Å². The van der Waals surface area contributed by atoms with Crippen molar-refractivity contribution in [3.8, 4) is 5.75 Å². The van der Waals surface area contributed by atoms with Crippen LogP contribution in [0.3, 0.4) is 0 Å². The highest BCUT2D eigenvalue weighted by atomic mass is 32.2. The van der Waals surface area contributed by atoms with Gasteiger partial charge in [-0.3, -0.25) is 14.8 Å². The average molecular weight is 489 g/mol. The number of nitrogens with one attached hydrogen (secondary N) is 3. The zero-order valence-corrected chi connectivity index (χ0v) is 20.4. The Hall–Kier alpha value is -3.56. The van der Waals surface area contributed by atoms with Gasteiger partial charge in [0, 0.05) is 28.8 Å². The summed E-state index contributed by atoms with van der Waals surface area (Å²) in [6.07, 6.45) is 4.31. The van der Waals surface area contributed by atoms with Gasteiger partial charge in [0.1, 0.15) is 18.2 Å². The Morgan fingerprint density at radius 3 is 2.80 bits per heavy atom. The second kappa shape index (κ2) is 10.8. The highest BCUT2D eigenvalue weighted by molar-refractivity contribution is 7.99. The molecular weight excluding hydrogens is 460 g/mol. The Morgan fingerprint density at radius 1 is 1.14 bits per heavy atom. The van der Waals surface area contributed by atoms with E-state index in [-0.39, 0.29) is 5.91 Å². The van der Waals surface area contributed by atoms with Gasteiger partial charge in [-0.15, -0.1) is 0 Å². The number of amides is 1. The van der Waals surface area contributed by atoms with Gasteiger partial charge in [-0.1, -0.05) is 23.9 Å². The van der Waals surface area contributed by atoms with Crippen molar-refractivity contribution < 1.29 is 9.53 Å². The molecular formula is C26H28N6O2S. The van der Waals surface area contributed by atoms with Crippen molar-refractivity contribution in [3.05, 3.63) is 66.4 Å². The molecule has 1 aliphatic rings. The van der Waals surface area contributed by atoms with E-state index in [1.54, 1.807) is 25.0 Å². The Bertz CT molecular complexity index is 1300. The molecule has 3 heterocycles. The van der Waals surface area contributed by atoms with Crippen LogP contribution in [0, 0.1) is 0 Å². The smallest absolute Gasteiger partial charge is 0.252 e. The van der Waals surface area contributed by atoms with Gasteiger partial charge in [0.2, 0.25) is 0 Å². The number of fused-ring (bicyclic) bond motifs is 1. The summed E-state index contributed by atoms with van der Waals surface area (Å²) >= 11 is 1.54. The van der Waals surface area contributed by atoms with Gasteiger partial charge >= 0.3 is 0 Å². The Labute approximate surface area is 208 Å². The van der Waals surface area contributed by atoms with Crippen LogP contribution in [0.4, 0.5) is 11.6 Å². The lowest BCUT2D eigenvalue weighted by molar-refractivity contribution is 0.0960. The summed E-state index contributed by atoms with van der Waals surface area (Å²) in [6, 6.07) is 17.5. The van der Waals surface area contributed by atoms with Gasteiger partial charge in [0.15, 0.2) is 5.82 Å². The number of hydrogen-bond donors (Lipinski definition) is 3. The molecule has 1 aliphatic heterocycles. The third kappa shape index (κ3) is 5.58. The van der Waals surface area contributed by atoms with Crippen LogP contribution in [0.2, 0.25) is 0 Å². The maximum Gasteiger partial charge on any atom is 0.252 e. The first-order valence-electron chi connectivity index (χ1n) is 11.7. The fourth-order valence-corrected chi connectivity index (χ4v) is 5.11. The molecule has 0 radical (unpaired) electrons. The largest absolute Gasteiger partial charge is 0.491 e. The van der Waals surface area contributed by atoms with Crippen LogP contribution in [-0.4, -0.2) is 59.3 Å². The second-order valence-electron chi connectivity index (χ2n) is 8.36. The van der Waals surface area contributed by atoms with E-state index in [0.717, 1.165) is 33.0 Å². The first-order chi connectivity index (χ1) is 17.2. The molecule has 35 heavy (non-hydrogen) atoms. The van der Waals surface area contributed by atoms with Gasteiger partial charge in [0.05, 0.1) is 17.3 Å². The number of carbonyl (C=O) groups is 1. The zero-order chi connectivity index (χ0) is 24.0. The highest BCUT2D eigenvalue weighted by Crippen LogP contribution is 2.33. The molecule has 0 spiro atoms. The van der Waals surface area contributed by atoms with E-state index in [9.17, 15) is 4.79 Å². The predicted octanol–water partition coefficient (Wildman–Crippen LogP) is 4.69. The van der Waals surface area contributed by atoms with Crippen LogP contribution in [0.5, 0.6) is 5.75 Å². The van der Waals surface area contributed by atoms with Gasteiger partial charge in [-0.05, 0) is 68.4 Å². The number of rotatable bonds is 9. The summed E-state index contributed by atoms with van der Waals surface area (Å²) in [5.41, 5.74) is 1.55. The van der Waals surface area contributed by atoms with Crippen molar-refractivity contribution >= 4 is 40.2 Å². The molecule has 0 atom stereocenters. The minimum atomic E-state index is -0.0993. The van der Waals surface area contributed by atoms with Crippen molar-refractivity contribution in [3.63, 3.8) is 0 Å². The van der Waals surface area contributed by atoms with Gasteiger partial charge in [0.25, 0.3) is 5.91 Å². The molecule has 9 heteroatoms. The minimum Gasteiger partial charge on any atom is -0.491 e. The summed E-state index contributed by atoms with van der Waals surface area (Å²) in [4.78, 5) is 21.0. The standard InChI is InChI=1S/C26H28N6O2S/c1-27-26(33)21-6-2-3-7-23(21)35-19-9-10-20-22(16-19)30-31-25(20)29-24-11-8-18(17-28-24)34-15-14-32-12-4-5-13-32/h2-3,6-11,16-17H,4-5,12-15H2,1H3,(H,27,33)(H2,28,29,30,31). The number of likely N-dealkylation sites (tertiary alicyclic amines) is 1. The second-order valence-corrected chi connectivity index (χ2v) is 9.47. The summed E-state index contributed by atoms with van der Waals surface area (Å²) in [6.45, 7) is 3.97. The molecule has 1 saturated heterocycles. The van der Waals surface area contributed by atoms with E-state index in [4.69, 9.17) is 4.74 Å².